The molecule has 156 valence electrons. The molecule has 4 rings (SSSR count). The van der Waals surface area contributed by atoms with E-state index in [0.717, 1.165) is 37.4 Å². The lowest BCUT2D eigenvalue weighted by Gasteiger charge is -2.28. The molecule has 0 spiro atoms. The molecule has 0 aliphatic carbocycles. The van der Waals surface area contributed by atoms with E-state index in [9.17, 15) is 4.79 Å². The van der Waals surface area contributed by atoms with Gasteiger partial charge in [0, 0.05) is 38.0 Å². The first-order valence-corrected chi connectivity index (χ1v) is 10.2. The van der Waals surface area contributed by atoms with Crippen LogP contribution in [0.4, 0.5) is 0 Å². The van der Waals surface area contributed by atoms with Crippen LogP contribution in [0.5, 0.6) is 5.75 Å². The summed E-state index contributed by atoms with van der Waals surface area (Å²) in [5, 5.41) is 0. The molecule has 0 bridgehead atoms. The van der Waals surface area contributed by atoms with Crippen LogP contribution in [0.1, 0.15) is 29.2 Å². The monoisotopic (exact) mass is 414 g/mol. The maximum atomic E-state index is 12.9. The summed E-state index contributed by atoms with van der Waals surface area (Å²) in [5.41, 5.74) is 3.87. The number of benzene rings is 2. The number of halogens is 1. The minimum Gasteiger partial charge on any atom is -0.496 e. The lowest BCUT2D eigenvalue weighted by atomic mass is 9.88. The number of aryl methyl sites for hydroxylation is 2. The number of carbonyl (C=O) groups excluding carboxylic acids is 1. The molecule has 0 unspecified atom stereocenters. The van der Waals surface area contributed by atoms with E-state index in [2.05, 4.69) is 48.0 Å². The lowest BCUT2D eigenvalue weighted by molar-refractivity contribution is -0.130. The zero-order valence-electron chi connectivity index (χ0n) is 17.5. The summed E-state index contributed by atoms with van der Waals surface area (Å²) in [4.78, 5) is 17.5. The van der Waals surface area contributed by atoms with Gasteiger partial charge in [0.2, 0.25) is 5.91 Å². The van der Waals surface area contributed by atoms with E-state index in [4.69, 9.17) is 4.74 Å². The molecule has 0 radical (unpaired) electrons. The molecule has 2 aliphatic heterocycles. The molecule has 1 amide bonds. The molecule has 2 saturated heterocycles. The second-order valence-corrected chi connectivity index (χ2v) is 8.28. The Balaban J connectivity index is 0.00000240. The predicted octanol–water partition coefficient (Wildman–Crippen LogP) is 4.12. The van der Waals surface area contributed by atoms with Crippen molar-refractivity contribution in [1.82, 2.24) is 9.80 Å². The van der Waals surface area contributed by atoms with Crippen LogP contribution < -0.4 is 4.74 Å². The average Bonchev–Trinajstić information content (AvgIpc) is 3.24. The lowest BCUT2D eigenvalue weighted by Crippen LogP contribution is -2.33. The molecule has 2 fully saturated rings. The largest absolute Gasteiger partial charge is 0.496 e. The first-order chi connectivity index (χ1) is 13.6. The maximum absolute atomic E-state index is 12.9. The fourth-order valence-corrected chi connectivity index (χ4v) is 5.16. The molecule has 29 heavy (non-hydrogen) atoms. The van der Waals surface area contributed by atoms with Crippen molar-refractivity contribution in [2.45, 2.75) is 25.8 Å². The Morgan fingerprint density at radius 2 is 1.79 bits per heavy atom. The number of ether oxygens (including phenoxy) is 1. The van der Waals surface area contributed by atoms with Gasteiger partial charge in [-0.25, -0.2) is 0 Å². The van der Waals surface area contributed by atoms with Crippen LogP contribution in [-0.4, -0.2) is 49.5 Å². The van der Waals surface area contributed by atoms with Gasteiger partial charge in [-0.15, -0.1) is 12.4 Å². The molecule has 0 aromatic heterocycles. The van der Waals surface area contributed by atoms with Gasteiger partial charge in [-0.2, -0.15) is 0 Å². The van der Waals surface area contributed by atoms with Crippen LogP contribution in [0, 0.1) is 18.8 Å². The van der Waals surface area contributed by atoms with Crippen molar-refractivity contribution in [1.29, 1.82) is 0 Å². The zero-order chi connectivity index (χ0) is 19.7. The number of methoxy groups -OCH3 is 1. The number of likely N-dealkylation sites (tertiary alicyclic amines) is 2. The SMILES string of the molecule is COc1ccccc1CCC(=O)N1C[C@@H]2CN(C)[C@H](c3ccccc3C)[C@@H]2C1.Cl. The Morgan fingerprint density at radius 3 is 2.55 bits per heavy atom. The summed E-state index contributed by atoms with van der Waals surface area (Å²) in [6.45, 7) is 5.03. The van der Waals surface area contributed by atoms with Gasteiger partial charge in [-0.1, -0.05) is 42.5 Å². The summed E-state index contributed by atoms with van der Waals surface area (Å²) in [7, 11) is 3.91. The highest BCUT2D eigenvalue weighted by molar-refractivity contribution is 5.85. The van der Waals surface area contributed by atoms with Crippen LogP contribution in [0.2, 0.25) is 0 Å². The van der Waals surface area contributed by atoms with Crippen molar-refractivity contribution in [2.75, 3.05) is 33.8 Å². The number of hydrogen-bond acceptors (Lipinski definition) is 3. The number of para-hydroxylation sites is 1. The predicted molar refractivity (Wildman–Crippen MR) is 119 cm³/mol. The highest BCUT2D eigenvalue weighted by Crippen LogP contribution is 2.44. The Bertz CT molecular complexity index is 856. The van der Waals surface area contributed by atoms with E-state index in [-0.39, 0.29) is 18.3 Å². The number of rotatable bonds is 5. The fourth-order valence-electron chi connectivity index (χ4n) is 5.16. The van der Waals surface area contributed by atoms with Crippen LogP contribution in [0.3, 0.4) is 0 Å². The van der Waals surface area contributed by atoms with Gasteiger partial charge in [0.05, 0.1) is 7.11 Å². The molecule has 3 atom stereocenters. The van der Waals surface area contributed by atoms with Gasteiger partial charge in [0.1, 0.15) is 5.75 Å². The minimum atomic E-state index is 0. The summed E-state index contributed by atoms with van der Waals surface area (Å²) >= 11 is 0. The molecule has 0 saturated carbocycles. The summed E-state index contributed by atoms with van der Waals surface area (Å²) < 4.78 is 5.42. The summed E-state index contributed by atoms with van der Waals surface area (Å²) in [6.07, 6.45) is 1.28. The number of carbonyl (C=O) groups is 1. The fraction of sp³-hybridized carbons (Fsp3) is 0.458. The molecule has 2 aliphatic rings. The van der Waals surface area contributed by atoms with E-state index in [0.29, 0.717) is 24.3 Å². The van der Waals surface area contributed by atoms with Crippen molar-refractivity contribution >= 4 is 18.3 Å². The molecule has 0 N–H and O–H groups in total. The third-order valence-corrected chi connectivity index (χ3v) is 6.56. The van der Waals surface area contributed by atoms with Gasteiger partial charge >= 0.3 is 0 Å². The Labute approximate surface area is 180 Å². The molecule has 4 nitrogen and oxygen atoms in total. The van der Waals surface area contributed by atoms with Crippen LogP contribution >= 0.6 is 12.4 Å². The normalized spacial score (nSPS) is 23.6. The van der Waals surface area contributed by atoms with Gasteiger partial charge in [-0.3, -0.25) is 9.69 Å². The number of hydrogen-bond donors (Lipinski definition) is 0. The third kappa shape index (κ3) is 4.29. The first kappa shape index (κ1) is 21.7. The van der Waals surface area contributed by atoms with Crippen molar-refractivity contribution in [2.24, 2.45) is 11.8 Å². The molecule has 2 heterocycles. The van der Waals surface area contributed by atoms with E-state index in [1.54, 1.807) is 7.11 Å². The molecule has 5 heteroatoms. The Kier molecular flexibility index (Phi) is 6.86. The smallest absolute Gasteiger partial charge is 0.222 e. The minimum absolute atomic E-state index is 0. The van der Waals surface area contributed by atoms with Crippen molar-refractivity contribution < 1.29 is 9.53 Å². The third-order valence-electron chi connectivity index (χ3n) is 6.56. The van der Waals surface area contributed by atoms with Gasteiger partial charge in [-0.05, 0) is 49.1 Å². The van der Waals surface area contributed by atoms with Crippen LogP contribution in [0.25, 0.3) is 0 Å². The maximum Gasteiger partial charge on any atom is 0.222 e. The first-order valence-electron chi connectivity index (χ1n) is 10.2. The van der Waals surface area contributed by atoms with Crippen LogP contribution in [0.15, 0.2) is 48.5 Å². The summed E-state index contributed by atoms with van der Waals surface area (Å²) in [6, 6.07) is 17.1. The van der Waals surface area contributed by atoms with E-state index in [1.165, 1.54) is 11.1 Å². The number of fused-ring (bicyclic) bond motifs is 1. The standard InChI is InChI=1S/C24H30N2O2.ClH/c1-17-8-4-6-10-20(17)24-21-16-26(15-19(21)14-25(24)2)23(27)13-12-18-9-5-7-11-22(18)28-3;/h4-11,19,21,24H,12-16H2,1-3H3;1H/t19-,21+,24+;/m0./s1. The van der Waals surface area contributed by atoms with Gasteiger partial charge in [0.25, 0.3) is 0 Å². The van der Waals surface area contributed by atoms with Gasteiger partial charge in [0.15, 0.2) is 0 Å². The quantitative estimate of drug-likeness (QED) is 0.737. The molecular weight excluding hydrogens is 384 g/mol. The number of amides is 1. The topological polar surface area (TPSA) is 32.8 Å². The highest BCUT2D eigenvalue weighted by atomic mass is 35.5. The molecular formula is C24H31ClN2O2. The highest BCUT2D eigenvalue weighted by Gasteiger charge is 2.47. The molecule has 2 aromatic rings. The van der Waals surface area contributed by atoms with Crippen molar-refractivity contribution in [3.8, 4) is 5.75 Å². The second kappa shape index (κ2) is 9.19. The number of nitrogens with zero attached hydrogens (tertiary/aromatic N) is 2. The second-order valence-electron chi connectivity index (χ2n) is 8.28. The van der Waals surface area contributed by atoms with Crippen molar-refractivity contribution in [3.63, 3.8) is 0 Å². The van der Waals surface area contributed by atoms with Crippen LogP contribution in [-0.2, 0) is 11.2 Å². The van der Waals surface area contributed by atoms with Crippen molar-refractivity contribution in [3.05, 3.63) is 65.2 Å². The van der Waals surface area contributed by atoms with E-state index < -0.39 is 0 Å². The Hall–Kier alpha value is -2.04. The van der Waals surface area contributed by atoms with E-state index in [1.807, 2.05) is 24.3 Å². The zero-order valence-corrected chi connectivity index (χ0v) is 18.3. The van der Waals surface area contributed by atoms with Gasteiger partial charge < -0.3 is 9.64 Å². The molecule has 2 aromatic carbocycles. The van der Waals surface area contributed by atoms with E-state index >= 15 is 0 Å². The average molecular weight is 415 g/mol. The summed E-state index contributed by atoms with van der Waals surface area (Å²) in [5.74, 6) is 2.24. The Morgan fingerprint density at radius 1 is 1.07 bits per heavy atom.